The second kappa shape index (κ2) is 2.77. The van der Waals surface area contributed by atoms with Crippen molar-refractivity contribution < 1.29 is 0 Å². The average Bonchev–Trinajstić information content (AvgIpc) is 2.56. The van der Waals surface area contributed by atoms with Crippen LogP contribution in [-0.2, 0) is 0 Å². The van der Waals surface area contributed by atoms with Crippen molar-refractivity contribution >= 4 is 0 Å². The van der Waals surface area contributed by atoms with Crippen molar-refractivity contribution in [3.8, 4) is 5.69 Å². The average molecular weight is 159 g/mol. The Morgan fingerprint density at radius 2 is 2.25 bits per heavy atom. The Balaban J connectivity index is 2.48. The molecule has 0 unspecified atom stereocenters. The van der Waals surface area contributed by atoms with Crippen molar-refractivity contribution in [2.24, 2.45) is 0 Å². The molecule has 0 aliphatic carbocycles. The number of pyridine rings is 1. The highest BCUT2D eigenvalue weighted by Crippen LogP contribution is 2.05. The molecule has 0 spiro atoms. The SMILES string of the molecule is Cc1cc(-n2cccn2)ccn1. The smallest absolute Gasteiger partial charge is 0.0678 e. The number of rotatable bonds is 1. The zero-order chi connectivity index (χ0) is 8.39. The van der Waals surface area contributed by atoms with Gasteiger partial charge in [-0.05, 0) is 25.1 Å². The lowest BCUT2D eigenvalue weighted by Gasteiger charge is -2.00. The maximum atomic E-state index is 4.12. The highest BCUT2D eigenvalue weighted by atomic mass is 15.3. The zero-order valence-corrected chi connectivity index (χ0v) is 6.81. The summed E-state index contributed by atoms with van der Waals surface area (Å²) in [5.41, 5.74) is 2.05. The minimum atomic E-state index is 1.00. The molecular weight excluding hydrogens is 150 g/mol. The summed E-state index contributed by atoms with van der Waals surface area (Å²) in [7, 11) is 0. The van der Waals surface area contributed by atoms with Gasteiger partial charge in [-0.3, -0.25) is 4.98 Å². The van der Waals surface area contributed by atoms with Gasteiger partial charge in [-0.25, -0.2) is 4.68 Å². The summed E-state index contributed by atoms with van der Waals surface area (Å²) in [6, 6.07) is 5.82. The monoisotopic (exact) mass is 159 g/mol. The lowest BCUT2D eigenvalue weighted by Crippen LogP contribution is -1.94. The van der Waals surface area contributed by atoms with E-state index in [9.17, 15) is 0 Å². The van der Waals surface area contributed by atoms with E-state index in [1.807, 2.05) is 36.0 Å². The van der Waals surface area contributed by atoms with Gasteiger partial charge in [0.25, 0.3) is 0 Å². The molecule has 0 fully saturated rings. The van der Waals surface area contributed by atoms with E-state index in [0.717, 1.165) is 11.4 Å². The van der Waals surface area contributed by atoms with Gasteiger partial charge in [0.05, 0.1) is 5.69 Å². The first-order valence-corrected chi connectivity index (χ1v) is 3.79. The lowest BCUT2D eigenvalue weighted by atomic mass is 10.3. The van der Waals surface area contributed by atoms with Gasteiger partial charge in [0.15, 0.2) is 0 Å². The third-order valence-corrected chi connectivity index (χ3v) is 1.65. The predicted molar refractivity (Wildman–Crippen MR) is 46.1 cm³/mol. The molecule has 3 nitrogen and oxygen atoms in total. The van der Waals surface area contributed by atoms with Crippen LogP contribution in [0.5, 0.6) is 0 Å². The lowest BCUT2D eigenvalue weighted by molar-refractivity contribution is 0.875. The van der Waals surface area contributed by atoms with Crippen molar-refractivity contribution in [1.82, 2.24) is 14.8 Å². The molecule has 0 saturated carbocycles. The van der Waals surface area contributed by atoms with E-state index < -0.39 is 0 Å². The van der Waals surface area contributed by atoms with Crippen molar-refractivity contribution in [3.63, 3.8) is 0 Å². The Labute approximate surface area is 70.7 Å². The van der Waals surface area contributed by atoms with E-state index in [-0.39, 0.29) is 0 Å². The van der Waals surface area contributed by atoms with E-state index in [2.05, 4.69) is 10.1 Å². The second-order valence-electron chi connectivity index (χ2n) is 2.61. The minimum Gasteiger partial charge on any atom is -0.261 e. The van der Waals surface area contributed by atoms with Crippen LogP contribution < -0.4 is 0 Å². The molecule has 0 amide bonds. The summed E-state index contributed by atoms with van der Waals surface area (Å²) in [6.07, 6.45) is 5.46. The molecule has 0 aromatic carbocycles. The number of hydrogen-bond donors (Lipinski definition) is 0. The molecule has 0 aliphatic heterocycles. The number of aryl methyl sites for hydroxylation is 1. The van der Waals surface area contributed by atoms with Crippen molar-refractivity contribution in [2.75, 3.05) is 0 Å². The Morgan fingerprint density at radius 3 is 2.92 bits per heavy atom. The highest BCUT2D eigenvalue weighted by molar-refractivity contribution is 5.30. The molecule has 0 saturated heterocycles. The molecule has 3 heteroatoms. The van der Waals surface area contributed by atoms with Crippen LogP contribution in [0.4, 0.5) is 0 Å². The summed E-state index contributed by atoms with van der Waals surface area (Å²) in [5.74, 6) is 0. The molecule has 60 valence electrons. The number of aromatic nitrogens is 3. The Hall–Kier alpha value is -1.64. The van der Waals surface area contributed by atoms with Gasteiger partial charge in [0.2, 0.25) is 0 Å². The van der Waals surface area contributed by atoms with Crippen LogP contribution in [0, 0.1) is 6.92 Å². The van der Waals surface area contributed by atoms with Crippen LogP contribution in [0.2, 0.25) is 0 Å². The van der Waals surface area contributed by atoms with Gasteiger partial charge >= 0.3 is 0 Å². The molecule has 0 radical (unpaired) electrons. The van der Waals surface area contributed by atoms with E-state index >= 15 is 0 Å². The topological polar surface area (TPSA) is 30.7 Å². The highest BCUT2D eigenvalue weighted by Gasteiger charge is 1.94. The molecule has 2 heterocycles. The Morgan fingerprint density at radius 1 is 1.33 bits per heavy atom. The predicted octanol–water partition coefficient (Wildman–Crippen LogP) is 1.58. The summed E-state index contributed by atoms with van der Waals surface area (Å²) < 4.78 is 1.81. The van der Waals surface area contributed by atoms with Crippen LogP contribution in [-0.4, -0.2) is 14.8 Å². The Kier molecular flexibility index (Phi) is 1.63. The zero-order valence-electron chi connectivity index (χ0n) is 6.81. The number of hydrogen-bond acceptors (Lipinski definition) is 2. The van der Waals surface area contributed by atoms with Crippen LogP contribution in [0.1, 0.15) is 5.69 Å². The molecule has 0 bridgehead atoms. The Bertz CT molecular complexity index is 365. The van der Waals surface area contributed by atoms with Gasteiger partial charge in [-0.2, -0.15) is 5.10 Å². The first kappa shape index (κ1) is 7.03. The van der Waals surface area contributed by atoms with E-state index in [1.54, 1.807) is 12.4 Å². The van der Waals surface area contributed by atoms with Gasteiger partial charge in [-0.15, -0.1) is 0 Å². The van der Waals surface area contributed by atoms with Crippen molar-refractivity contribution in [3.05, 3.63) is 42.5 Å². The fraction of sp³-hybridized carbons (Fsp3) is 0.111. The van der Waals surface area contributed by atoms with E-state index in [1.165, 1.54) is 0 Å². The third-order valence-electron chi connectivity index (χ3n) is 1.65. The van der Waals surface area contributed by atoms with Gasteiger partial charge in [0.1, 0.15) is 0 Å². The summed E-state index contributed by atoms with van der Waals surface area (Å²) in [5, 5.41) is 4.12. The van der Waals surface area contributed by atoms with Gasteiger partial charge in [0, 0.05) is 24.3 Å². The summed E-state index contributed by atoms with van der Waals surface area (Å²) in [6.45, 7) is 1.97. The molecule has 0 atom stereocenters. The normalized spacial score (nSPS) is 10.1. The standard InChI is InChI=1S/C9H9N3/c1-8-7-9(3-5-10-8)12-6-2-4-11-12/h2-7H,1H3. The largest absolute Gasteiger partial charge is 0.261 e. The van der Waals surface area contributed by atoms with Crippen LogP contribution >= 0.6 is 0 Å². The quantitative estimate of drug-likeness (QED) is 0.632. The molecule has 12 heavy (non-hydrogen) atoms. The van der Waals surface area contributed by atoms with Gasteiger partial charge in [-0.1, -0.05) is 0 Å². The van der Waals surface area contributed by atoms with Crippen LogP contribution in [0.3, 0.4) is 0 Å². The first-order chi connectivity index (χ1) is 5.86. The fourth-order valence-corrected chi connectivity index (χ4v) is 1.09. The van der Waals surface area contributed by atoms with Crippen molar-refractivity contribution in [1.29, 1.82) is 0 Å². The first-order valence-electron chi connectivity index (χ1n) is 3.79. The molecule has 2 rings (SSSR count). The minimum absolute atomic E-state index is 1.00. The third kappa shape index (κ3) is 1.21. The maximum absolute atomic E-state index is 4.12. The second-order valence-corrected chi connectivity index (χ2v) is 2.61. The summed E-state index contributed by atoms with van der Waals surface area (Å²) in [4.78, 5) is 4.11. The van der Waals surface area contributed by atoms with Crippen molar-refractivity contribution in [2.45, 2.75) is 6.92 Å². The summed E-state index contributed by atoms with van der Waals surface area (Å²) >= 11 is 0. The van der Waals surface area contributed by atoms with Crippen LogP contribution in [0.25, 0.3) is 5.69 Å². The molecule has 0 aliphatic rings. The van der Waals surface area contributed by atoms with E-state index in [0.29, 0.717) is 0 Å². The molecular formula is C9H9N3. The van der Waals surface area contributed by atoms with E-state index in [4.69, 9.17) is 0 Å². The fourth-order valence-electron chi connectivity index (χ4n) is 1.09. The number of nitrogens with zero attached hydrogens (tertiary/aromatic N) is 3. The molecule has 0 N–H and O–H groups in total. The molecule has 2 aromatic heterocycles. The maximum Gasteiger partial charge on any atom is 0.0678 e. The van der Waals surface area contributed by atoms with Crippen LogP contribution in [0.15, 0.2) is 36.8 Å². The molecule has 2 aromatic rings. The van der Waals surface area contributed by atoms with Gasteiger partial charge < -0.3 is 0 Å².